The summed E-state index contributed by atoms with van der Waals surface area (Å²) >= 11 is 0. The zero-order valence-corrected chi connectivity index (χ0v) is 11.6. The Kier molecular flexibility index (Phi) is 5.05. The molecule has 7 heteroatoms. The van der Waals surface area contributed by atoms with Crippen molar-refractivity contribution >= 4 is 11.9 Å². The molecule has 20 heavy (non-hydrogen) atoms. The quantitative estimate of drug-likeness (QED) is 0.838. The van der Waals surface area contributed by atoms with Crippen molar-refractivity contribution < 1.29 is 27.9 Å². The number of carboxylic acids is 1. The molecule has 1 aliphatic carbocycles. The van der Waals surface area contributed by atoms with Gasteiger partial charge >= 0.3 is 12.1 Å². The minimum absolute atomic E-state index is 0.0719. The van der Waals surface area contributed by atoms with Gasteiger partial charge in [-0.05, 0) is 26.2 Å². The van der Waals surface area contributed by atoms with Crippen molar-refractivity contribution in [3.8, 4) is 0 Å². The van der Waals surface area contributed by atoms with Gasteiger partial charge in [-0.25, -0.2) is 4.79 Å². The van der Waals surface area contributed by atoms with Crippen LogP contribution in [0.1, 0.15) is 46.0 Å². The van der Waals surface area contributed by atoms with Crippen molar-refractivity contribution in [3.63, 3.8) is 0 Å². The lowest BCUT2D eigenvalue weighted by molar-refractivity contribution is -0.198. The van der Waals surface area contributed by atoms with Crippen molar-refractivity contribution in [3.05, 3.63) is 0 Å². The number of halogens is 3. The summed E-state index contributed by atoms with van der Waals surface area (Å²) in [6.07, 6.45) is -3.24. The van der Waals surface area contributed by atoms with Gasteiger partial charge in [-0.1, -0.05) is 19.8 Å². The van der Waals surface area contributed by atoms with E-state index in [1.807, 2.05) is 0 Å². The Labute approximate surface area is 115 Å². The Morgan fingerprint density at radius 1 is 1.25 bits per heavy atom. The van der Waals surface area contributed by atoms with E-state index in [9.17, 15) is 22.8 Å². The van der Waals surface area contributed by atoms with Crippen LogP contribution < -0.4 is 5.32 Å². The van der Waals surface area contributed by atoms with Gasteiger partial charge in [0.2, 0.25) is 5.91 Å². The van der Waals surface area contributed by atoms with Crippen LogP contribution in [0.4, 0.5) is 13.2 Å². The Balaban J connectivity index is 2.86. The summed E-state index contributed by atoms with van der Waals surface area (Å²) in [6, 6.07) is 0. The maximum Gasteiger partial charge on any atom is 0.392 e. The second kappa shape index (κ2) is 6.01. The number of hydrogen-bond donors (Lipinski definition) is 2. The van der Waals surface area contributed by atoms with Crippen molar-refractivity contribution in [1.82, 2.24) is 5.32 Å². The highest BCUT2D eigenvalue weighted by atomic mass is 19.4. The summed E-state index contributed by atoms with van der Waals surface area (Å²) in [5, 5.41) is 11.3. The first-order chi connectivity index (χ1) is 9.12. The molecule has 0 aromatic rings. The number of rotatable bonds is 4. The van der Waals surface area contributed by atoms with E-state index >= 15 is 0 Å². The van der Waals surface area contributed by atoms with Crippen molar-refractivity contribution in [1.29, 1.82) is 0 Å². The van der Waals surface area contributed by atoms with Crippen LogP contribution >= 0.6 is 0 Å². The Hall–Kier alpha value is -1.27. The van der Waals surface area contributed by atoms with E-state index in [0.717, 1.165) is 0 Å². The van der Waals surface area contributed by atoms with Crippen LogP contribution in [0.3, 0.4) is 0 Å². The van der Waals surface area contributed by atoms with Crippen molar-refractivity contribution in [2.75, 3.05) is 0 Å². The maximum absolute atomic E-state index is 12.9. The monoisotopic (exact) mass is 295 g/mol. The van der Waals surface area contributed by atoms with E-state index in [4.69, 9.17) is 5.11 Å². The molecule has 2 N–H and O–H groups in total. The zero-order valence-electron chi connectivity index (χ0n) is 11.6. The largest absolute Gasteiger partial charge is 0.480 e. The zero-order chi connectivity index (χ0) is 15.6. The molecule has 0 aliphatic heterocycles. The van der Waals surface area contributed by atoms with Gasteiger partial charge in [-0.2, -0.15) is 13.2 Å². The number of amides is 1. The van der Waals surface area contributed by atoms with Gasteiger partial charge in [-0.15, -0.1) is 0 Å². The van der Waals surface area contributed by atoms with Crippen LogP contribution in [0.5, 0.6) is 0 Å². The topological polar surface area (TPSA) is 66.4 Å². The first-order valence-electron chi connectivity index (χ1n) is 6.74. The van der Waals surface area contributed by atoms with E-state index in [-0.39, 0.29) is 19.3 Å². The van der Waals surface area contributed by atoms with Crippen LogP contribution in [0.2, 0.25) is 0 Å². The number of alkyl halides is 3. The fourth-order valence-corrected chi connectivity index (χ4v) is 2.49. The standard InChI is InChI=1S/C13H20F3NO3/c1-3-12(2,11(19)20)17-10(18)8-6-4-5-7-9(8)13(14,15)16/h8-9H,3-7H2,1-2H3,(H,17,18)(H,19,20). The second-order valence-electron chi connectivity index (χ2n) is 5.52. The normalized spacial score (nSPS) is 26.6. The fourth-order valence-electron chi connectivity index (χ4n) is 2.49. The van der Waals surface area contributed by atoms with Crippen LogP contribution in [-0.4, -0.2) is 28.7 Å². The number of aliphatic carboxylic acids is 1. The number of nitrogens with one attached hydrogen (secondary N) is 1. The first kappa shape index (κ1) is 16.8. The summed E-state index contributed by atoms with van der Waals surface area (Å²) in [5.41, 5.74) is -1.52. The lowest BCUT2D eigenvalue weighted by atomic mass is 9.77. The molecule has 3 unspecified atom stereocenters. The summed E-state index contributed by atoms with van der Waals surface area (Å²) in [4.78, 5) is 23.2. The van der Waals surface area contributed by atoms with Gasteiger partial charge < -0.3 is 10.4 Å². The van der Waals surface area contributed by atoms with Gasteiger partial charge in [-0.3, -0.25) is 4.79 Å². The molecule has 1 saturated carbocycles. The molecule has 0 spiro atoms. The molecule has 4 nitrogen and oxygen atoms in total. The lowest BCUT2D eigenvalue weighted by Gasteiger charge is -2.34. The van der Waals surface area contributed by atoms with Gasteiger partial charge in [0, 0.05) is 5.92 Å². The molecule has 116 valence electrons. The molecule has 0 aromatic heterocycles. The van der Waals surface area contributed by atoms with E-state index in [1.54, 1.807) is 6.92 Å². The van der Waals surface area contributed by atoms with E-state index in [2.05, 4.69) is 5.32 Å². The molecule has 0 aromatic carbocycles. The second-order valence-corrected chi connectivity index (χ2v) is 5.52. The van der Waals surface area contributed by atoms with Crippen molar-refractivity contribution in [2.24, 2.45) is 11.8 Å². The Morgan fingerprint density at radius 2 is 1.80 bits per heavy atom. The third-order valence-electron chi connectivity index (χ3n) is 4.10. The van der Waals surface area contributed by atoms with Gasteiger partial charge in [0.15, 0.2) is 0 Å². The average Bonchev–Trinajstić information content (AvgIpc) is 2.37. The highest BCUT2D eigenvalue weighted by molar-refractivity contribution is 5.87. The number of carbonyl (C=O) groups is 2. The third-order valence-corrected chi connectivity index (χ3v) is 4.10. The molecule has 3 atom stereocenters. The minimum Gasteiger partial charge on any atom is -0.480 e. The fraction of sp³-hybridized carbons (Fsp3) is 0.846. The van der Waals surface area contributed by atoms with E-state index in [0.29, 0.717) is 12.8 Å². The summed E-state index contributed by atoms with van der Waals surface area (Å²) in [6.45, 7) is 2.87. The summed E-state index contributed by atoms with van der Waals surface area (Å²) < 4.78 is 38.8. The number of carboxylic acid groups (broad SMARTS) is 1. The van der Waals surface area contributed by atoms with Gasteiger partial charge in [0.25, 0.3) is 0 Å². The van der Waals surface area contributed by atoms with Crippen LogP contribution in [0.25, 0.3) is 0 Å². The SMILES string of the molecule is CCC(C)(NC(=O)C1CCCCC1C(F)(F)F)C(=O)O. The Morgan fingerprint density at radius 3 is 2.25 bits per heavy atom. The predicted molar refractivity (Wildman–Crippen MR) is 66.0 cm³/mol. The van der Waals surface area contributed by atoms with Crippen LogP contribution in [0, 0.1) is 11.8 Å². The van der Waals surface area contributed by atoms with E-state index in [1.165, 1.54) is 6.92 Å². The molecule has 1 aliphatic rings. The van der Waals surface area contributed by atoms with E-state index < -0.39 is 35.4 Å². The maximum atomic E-state index is 12.9. The number of hydrogen-bond acceptors (Lipinski definition) is 2. The summed E-state index contributed by atoms with van der Waals surface area (Å²) in [7, 11) is 0. The highest BCUT2D eigenvalue weighted by Gasteiger charge is 2.49. The lowest BCUT2D eigenvalue weighted by Crippen LogP contribution is -2.55. The average molecular weight is 295 g/mol. The summed E-state index contributed by atoms with van der Waals surface area (Å²) in [5.74, 6) is -4.91. The first-order valence-corrected chi connectivity index (χ1v) is 6.74. The minimum atomic E-state index is -4.42. The van der Waals surface area contributed by atoms with Gasteiger partial charge in [0.1, 0.15) is 5.54 Å². The highest BCUT2D eigenvalue weighted by Crippen LogP contribution is 2.41. The molecular formula is C13H20F3NO3. The molecular weight excluding hydrogens is 275 g/mol. The molecule has 0 bridgehead atoms. The Bertz CT molecular complexity index is 384. The molecule has 0 radical (unpaired) electrons. The molecule has 0 saturated heterocycles. The van der Waals surface area contributed by atoms with Crippen LogP contribution in [-0.2, 0) is 9.59 Å². The van der Waals surface area contributed by atoms with Crippen molar-refractivity contribution in [2.45, 2.75) is 57.7 Å². The molecule has 1 amide bonds. The third kappa shape index (κ3) is 3.64. The smallest absolute Gasteiger partial charge is 0.392 e. The predicted octanol–water partition coefficient (Wildman–Crippen LogP) is 2.72. The van der Waals surface area contributed by atoms with Gasteiger partial charge in [0.05, 0.1) is 5.92 Å². The molecule has 1 rings (SSSR count). The molecule has 0 heterocycles. The van der Waals surface area contributed by atoms with Crippen LogP contribution in [0.15, 0.2) is 0 Å². The molecule has 1 fully saturated rings. The number of carbonyl (C=O) groups excluding carboxylic acids is 1.